The maximum atomic E-state index is 11.6. The average molecular weight is 749 g/mol. The molecule has 0 aliphatic rings. The average Bonchev–Trinajstić information content (AvgIpc) is 2.60. The normalized spacial score (nSPS) is 14.3. The fraction of sp³-hybridized carbons (Fsp3) is 1.00. The zero-order valence-corrected chi connectivity index (χ0v) is 30.3. The first kappa shape index (κ1) is 45.5. The van der Waals surface area contributed by atoms with Crippen LogP contribution in [0.25, 0.3) is 0 Å². The van der Waals surface area contributed by atoms with E-state index in [9.17, 15) is 47.0 Å². The van der Waals surface area contributed by atoms with E-state index in [0.717, 1.165) is 9.80 Å². The molecular formula is C12H36KN4O18P6+. The summed E-state index contributed by atoms with van der Waals surface area (Å²) in [6.07, 6.45) is -6.33. The van der Waals surface area contributed by atoms with E-state index in [-0.39, 0.29) is 64.5 Å². The molecule has 0 aromatic rings. The van der Waals surface area contributed by atoms with Crippen molar-refractivity contribution in [3.8, 4) is 0 Å². The van der Waals surface area contributed by atoms with Crippen molar-refractivity contribution in [3.05, 3.63) is 0 Å². The number of nitrogens with zero attached hydrogens (tertiary/aromatic N) is 4. The number of hydrogen-bond donors (Lipinski definition) is 12. The molecule has 0 aliphatic heterocycles. The predicted molar refractivity (Wildman–Crippen MR) is 138 cm³/mol. The van der Waals surface area contributed by atoms with Crippen LogP contribution >= 0.6 is 45.6 Å². The van der Waals surface area contributed by atoms with Crippen molar-refractivity contribution < 1.29 is 137 Å². The molecule has 0 bridgehead atoms. The van der Waals surface area contributed by atoms with Crippen molar-refractivity contribution in [2.45, 2.75) is 0 Å². The van der Waals surface area contributed by atoms with E-state index in [1.165, 1.54) is 0 Å². The minimum Gasteiger partial charge on any atom is -0.324 e. The second kappa shape index (κ2) is 18.6. The van der Waals surface area contributed by atoms with E-state index in [1.807, 2.05) is 0 Å². The monoisotopic (exact) mass is 749 g/mol. The van der Waals surface area contributed by atoms with Crippen LogP contribution in [0.3, 0.4) is 0 Å². The zero-order chi connectivity index (χ0) is 31.8. The first-order chi connectivity index (χ1) is 17.5. The van der Waals surface area contributed by atoms with Gasteiger partial charge in [-0.05, 0) is 0 Å². The second-order valence-electron chi connectivity index (χ2n) is 8.86. The van der Waals surface area contributed by atoms with Crippen LogP contribution in [0.4, 0.5) is 0 Å². The third kappa shape index (κ3) is 30.8. The molecule has 0 saturated heterocycles. The van der Waals surface area contributed by atoms with Gasteiger partial charge in [-0.1, -0.05) is 0 Å². The standard InChI is InChI=1S/C12H36N4O18P6.K/c17-35(18,19)7-13(3-5-15(9-37(23,24)25)10-38(26,27)28)1-2-14(8-36(20,21)22)4-6-16(11-39(29,30)31)12-40(32,33)34;/h1-12H2,(H2,17,18,19)(H2,20,21,22)(H2,23,24,25)(H2,26,27,28)(H2,29,30,31)(H2,32,33,34);/q;+1. The third-order valence-corrected chi connectivity index (χ3v) is 9.11. The summed E-state index contributed by atoms with van der Waals surface area (Å²) in [6.45, 7) is -2.65. The summed E-state index contributed by atoms with van der Waals surface area (Å²) >= 11 is 0. The largest absolute Gasteiger partial charge is 1.00 e. The van der Waals surface area contributed by atoms with Gasteiger partial charge in [0.15, 0.2) is 0 Å². The summed E-state index contributed by atoms with van der Waals surface area (Å²) in [4.78, 5) is 114. The van der Waals surface area contributed by atoms with Gasteiger partial charge in [0.2, 0.25) is 0 Å². The van der Waals surface area contributed by atoms with E-state index in [1.54, 1.807) is 0 Å². The topological polar surface area (TPSA) is 358 Å². The molecule has 12 N–H and O–H groups in total. The molecular weight excluding hydrogens is 713 g/mol. The Hall–Kier alpha value is 2.38. The van der Waals surface area contributed by atoms with E-state index >= 15 is 0 Å². The van der Waals surface area contributed by atoms with E-state index < -0.39 is 109 Å². The first-order valence-corrected chi connectivity index (χ1v) is 21.5. The van der Waals surface area contributed by atoms with Gasteiger partial charge in [-0.2, -0.15) is 0 Å². The molecule has 0 aromatic carbocycles. The number of rotatable bonds is 21. The van der Waals surface area contributed by atoms with Crippen molar-refractivity contribution in [3.63, 3.8) is 0 Å². The van der Waals surface area contributed by atoms with Gasteiger partial charge in [0, 0.05) is 39.3 Å². The van der Waals surface area contributed by atoms with Gasteiger partial charge in [0.25, 0.3) is 0 Å². The van der Waals surface area contributed by atoms with Crippen LogP contribution in [0.1, 0.15) is 0 Å². The molecule has 0 atom stereocenters. The molecule has 0 heterocycles. The zero-order valence-electron chi connectivity index (χ0n) is 21.8. The van der Waals surface area contributed by atoms with Gasteiger partial charge >= 0.3 is 97.0 Å². The maximum absolute atomic E-state index is 11.6. The summed E-state index contributed by atoms with van der Waals surface area (Å²) in [5, 5.41) is 0. The van der Waals surface area contributed by atoms with Gasteiger partial charge in [0.05, 0.1) is 0 Å². The molecule has 0 rings (SSSR count). The summed E-state index contributed by atoms with van der Waals surface area (Å²) in [7, 11) is -28.8. The molecule has 29 heteroatoms. The van der Waals surface area contributed by atoms with E-state index in [2.05, 4.69) is 0 Å². The van der Waals surface area contributed by atoms with Crippen LogP contribution in [0.2, 0.25) is 0 Å². The van der Waals surface area contributed by atoms with Gasteiger partial charge in [-0.25, -0.2) is 0 Å². The van der Waals surface area contributed by atoms with Gasteiger partial charge in [0.1, 0.15) is 37.7 Å². The molecule has 22 nitrogen and oxygen atoms in total. The first-order valence-electron chi connectivity index (χ1n) is 10.7. The van der Waals surface area contributed by atoms with Crippen molar-refractivity contribution in [2.75, 3.05) is 77.0 Å². The Balaban J connectivity index is 0. The van der Waals surface area contributed by atoms with Gasteiger partial charge < -0.3 is 58.7 Å². The van der Waals surface area contributed by atoms with Crippen molar-refractivity contribution in [1.29, 1.82) is 0 Å². The van der Waals surface area contributed by atoms with Crippen LogP contribution in [-0.4, -0.2) is 155 Å². The quantitative estimate of drug-likeness (QED) is 0.0384. The fourth-order valence-corrected chi connectivity index (χ4v) is 8.26. The smallest absolute Gasteiger partial charge is 0.324 e. The van der Waals surface area contributed by atoms with Gasteiger partial charge in [-0.15, -0.1) is 0 Å². The molecule has 0 aliphatic carbocycles. The molecule has 0 spiro atoms. The SMILES string of the molecule is O=P(O)(O)CN(CCN(CCN(CP(=O)(O)O)CP(=O)(O)O)CP(=O)(O)O)CCN(CP(=O)(O)O)CP(=O)(O)O.[K+]. The van der Waals surface area contributed by atoms with Crippen LogP contribution < -0.4 is 51.4 Å². The molecule has 0 aromatic heterocycles. The third-order valence-electron chi connectivity index (χ3n) is 4.50. The molecule has 0 amide bonds. The van der Waals surface area contributed by atoms with Crippen LogP contribution in [0.5, 0.6) is 0 Å². The Kier molecular flexibility index (Phi) is 20.7. The number of hydrogen-bond acceptors (Lipinski definition) is 10. The van der Waals surface area contributed by atoms with Crippen molar-refractivity contribution in [1.82, 2.24) is 19.6 Å². The van der Waals surface area contributed by atoms with Crippen molar-refractivity contribution >= 4 is 45.6 Å². The second-order valence-corrected chi connectivity index (χ2v) is 18.5. The minimum atomic E-state index is -4.81. The van der Waals surface area contributed by atoms with Crippen LogP contribution in [0.15, 0.2) is 0 Å². The summed E-state index contributed by atoms with van der Waals surface area (Å²) < 4.78 is 68.5. The van der Waals surface area contributed by atoms with Gasteiger partial charge in [-0.3, -0.25) is 47.0 Å². The molecule has 242 valence electrons. The summed E-state index contributed by atoms with van der Waals surface area (Å²) in [5.41, 5.74) is 0. The molecule has 0 saturated carbocycles. The molecule has 41 heavy (non-hydrogen) atoms. The Labute approximate surface area is 277 Å². The Morgan fingerprint density at radius 1 is 0.293 bits per heavy atom. The summed E-state index contributed by atoms with van der Waals surface area (Å²) in [5.74, 6) is 0. The summed E-state index contributed by atoms with van der Waals surface area (Å²) in [6, 6.07) is 0. The molecule has 0 fully saturated rings. The maximum Gasteiger partial charge on any atom is 1.00 e. The van der Waals surface area contributed by atoms with Crippen LogP contribution in [-0.2, 0) is 27.4 Å². The minimum absolute atomic E-state index is 0. The molecule has 0 unspecified atom stereocenters. The predicted octanol–water partition coefficient (Wildman–Crippen LogP) is -5.99. The van der Waals surface area contributed by atoms with Crippen LogP contribution in [0, 0.1) is 0 Å². The Bertz CT molecular complexity index is 948. The molecule has 0 radical (unpaired) electrons. The Morgan fingerprint density at radius 2 is 0.415 bits per heavy atom. The fourth-order valence-electron chi connectivity index (χ4n) is 3.29. The van der Waals surface area contributed by atoms with E-state index in [4.69, 9.17) is 39.1 Å². The van der Waals surface area contributed by atoms with Crippen molar-refractivity contribution in [2.24, 2.45) is 0 Å². The van der Waals surface area contributed by atoms with E-state index in [0.29, 0.717) is 9.80 Å². The Morgan fingerprint density at radius 3 is 0.561 bits per heavy atom.